The zero-order valence-corrected chi connectivity index (χ0v) is 12.7. The van der Waals surface area contributed by atoms with Crippen LogP contribution < -0.4 is 15.2 Å². The van der Waals surface area contributed by atoms with E-state index in [1.54, 1.807) is 37.3 Å². The van der Waals surface area contributed by atoms with Gasteiger partial charge in [0.2, 0.25) is 5.91 Å². The lowest BCUT2D eigenvalue weighted by Crippen LogP contribution is -2.32. The molecule has 0 heterocycles. The maximum absolute atomic E-state index is 12.1. The highest BCUT2D eigenvalue weighted by molar-refractivity contribution is 7.87. The van der Waals surface area contributed by atoms with E-state index in [2.05, 4.69) is 5.32 Å². The van der Waals surface area contributed by atoms with E-state index in [1.165, 1.54) is 24.3 Å². The van der Waals surface area contributed by atoms with Gasteiger partial charge in [-0.15, -0.1) is 0 Å². The second kappa shape index (κ2) is 6.59. The number of hydrogen-bond acceptors (Lipinski definition) is 5. The van der Waals surface area contributed by atoms with Crippen molar-refractivity contribution < 1.29 is 17.4 Å². The van der Waals surface area contributed by atoms with Crippen LogP contribution in [-0.2, 0) is 14.9 Å². The Kier molecular flexibility index (Phi) is 4.79. The number of para-hydroxylation sites is 1. The Morgan fingerprint density at radius 2 is 1.68 bits per heavy atom. The first-order valence-corrected chi connectivity index (χ1v) is 7.95. The Morgan fingerprint density at radius 1 is 1.09 bits per heavy atom. The van der Waals surface area contributed by atoms with Crippen molar-refractivity contribution in [3.05, 3.63) is 54.6 Å². The van der Waals surface area contributed by atoms with Crippen molar-refractivity contribution >= 4 is 21.7 Å². The molecular weight excluding hydrogens is 304 g/mol. The molecule has 116 valence electrons. The fourth-order valence-electron chi connectivity index (χ4n) is 1.61. The van der Waals surface area contributed by atoms with Crippen molar-refractivity contribution in [1.82, 2.24) is 0 Å². The lowest BCUT2D eigenvalue weighted by molar-refractivity contribution is -0.117. The molecule has 0 aliphatic rings. The Balaban J connectivity index is 2.14. The van der Waals surface area contributed by atoms with Gasteiger partial charge in [0, 0.05) is 5.69 Å². The number of amides is 1. The third-order valence-electron chi connectivity index (χ3n) is 2.77. The first kappa shape index (κ1) is 16.0. The third-order valence-corrected chi connectivity index (χ3v) is 4.03. The summed E-state index contributed by atoms with van der Waals surface area (Å²) in [4.78, 5) is 11.5. The molecular formula is C15H16N2O4S. The Labute approximate surface area is 129 Å². The smallest absolute Gasteiger partial charge is 0.339 e. The lowest BCUT2D eigenvalue weighted by atomic mass is 10.3. The van der Waals surface area contributed by atoms with E-state index in [4.69, 9.17) is 9.92 Å². The van der Waals surface area contributed by atoms with E-state index in [0.717, 1.165) is 0 Å². The van der Waals surface area contributed by atoms with Crippen molar-refractivity contribution in [3.63, 3.8) is 0 Å². The summed E-state index contributed by atoms with van der Waals surface area (Å²) >= 11 is 0. The van der Waals surface area contributed by atoms with Crippen LogP contribution in [0.5, 0.6) is 5.75 Å². The van der Waals surface area contributed by atoms with E-state index < -0.39 is 16.2 Å². The molecule has 0 saturated heterocycles. The van der Waals surface area contributed by atoms with Crippen LogP contribution in [0.15, 0.2) is 59.5 Å². The van der Waals surface area contributed by atoms with Gasteiger partial charge in [-0.3, -0.25) is 4.79 Å². The van der Waals surface area contributed by atoms with Crippen LogP contribution in [-0.4, -0.2) is 20.4 Å². The minimum absolute atomic E-state index is 0.00449. The van der Waals surface area contributed by atoms with Crippen molar-refractivity contribution in [2.24, 2.45) is 5.73 Å². The fourth-order valence-corrected chi connectivity index (χ4v) is 2.54. The highest BCUT2D eigenvalue weighted by Crippen LogP contribution is 2.19. The van der Waals surface area contributed by atoms with Crippen LogP contribution in [0.2, 0.25) is 0 Å². The van der Waals surface area contributed by atoms with Crippen LogP contribution in [0.1, 0.15) is 6.92 Å². The first-order valence-electron chi connectivity index (χ1n) is 6.54. The maximum Gasteiger partial charge on any atom is 0.339 e. The van der Waals surface area contributed by atoms with E-state index in [0.29, 0.717) is 5.69 Å². The SMILES string of the molecule is CC(N)C(=O)Nc1ccc(S(=O)(=O)Oc2ccccc2)cc1. The molecule has 22 heavy (non-hydrogen) atoms. The van der Waals surface area contributed by atoms with Crippen molar-refractivity contribution in [3.8, 4) is 5.75 Å². The van der Waals surface area contributed by atoms with Gasteiger partial charge < -0.3 is 15.2 Å². The van der Waals surface area contributed by atoms with Gasteiger partial charge >= 0.3 is 10.1 Å². The topological polar surface area (TPSA) is 98.5 Å². The van der Waals surface area contributed by atoms with Gasteiger partial charge in [0.15, 0.2) is 0 Å². The molecule has 0 fully saturated rings. The third kappa shape index (κ3) is 4.06. The van der Waals surface area contributed by atoms with Crippen LogP contribution in [0.3, 0.4) is 0 Å². The normalized spacial score (nSPS) is 12.5. The van der Waals surface area contributed by atoms with Gasteiger partial charge in [-0.2, -0.15) is 8.42 Å². The fraction of sp³-hybridized carbons (Fsp3) is 0.133. The number of nitrogens with one attached hydrogen (secondary N) is 1. The Bertz CT molecular complexity index is 741. The van der Waals surface area contributed by atoms with E-state index in [1.807, 2.05) is 0 Å². The summed E-state index contributed by atoms with van der Waals surface area (Å²) < 4.78 is 29.2. The molecule has 7 heteroatoms. The van der Waals surface area contributed by atoms with Crippen LogP contribution in [0.25, 0.3) is 0 Å². The molecule has 0 bridgehead atoms. The summed E-state index contributed by atoms with van der Waals surface area (Å²) in [5.74, 6) is -0.118. The van der Waals surface area contributed by atoms with Gasteiger partial charge in [-0.1, -0.05) is 18.2 Å². The lowest BCUT2D eigenvalue weighted by Gasteiger charge is -2.09. The van der Waals surface area contributed by atoms with Crippen molar-refractivity contribution in [1.29, 1.82) is 0 Å². The second-order valence-electron chi connectivity index (χ2n) is 4.65. The van der Waals surface area contributed by atoms with Gasteiger partial charge in [0.05, 0.1) is 6.04 Å². The summed E-state index contributed by atoms with van der Waals surface area (Å²) in [7, 11) is -3.91. The minimum Gasteiger partial charge on any atom is -0.379 e. The molecule has 1 amide bonds. The molecule has 0 saturated carbocycles. The number of hydrogen-bond donors (Lipinski definition) is 2. The number of benzene rings is 2. The standard InChI is InChI=1S/C15H16N2O4S/c1-11(16)15(18)17-12-7-9-14(10-8-12)22(19,20)21-13-5-3-2-4-6-13/h2-11H,16H2,1H3,(H,17,18). The van der Waals surface area contributed by atoms with Gasteiger partial charge in [0.25, 0.3) is 0 Å². The highest BCUT2D eigenvalue weighted by atomic mass is 32.2. The summed E-state index contributed by atoms with van der Waals surface area (Å²) in [5.41, 5.74) is 5.90. The summed E-state index contributed by atoms with van der Waals surface area (Å²) in [6, 6.07) is 13.2. The van der Waals surface area contributed by atoms with Gasteiger partial charge in [-0.25, -0.2) is 0 Å². The molecule has 0 aliphatic carbocycles. The van der Waals surface area contributed by atoms with E-state index in [9.17, 15) is 13.2 Å². The molecule has 2 aromatic rings. The molecule has 2 aromatic carbocycles. The molecule has 0 spiro atoms. The van der Waals surface area contributed by atoms with E-state index in [-0.39, 0.29) is 16.6 Å². The minimum atomic E-state index is -3.91. The van der Waals surface area contributed by atoms with Crippen molar-refractivity contribution in [2.45, 2.75) is 17.9 Å². The van der Waals surface area contributed by atoms with Gasteiger partial charge in [-0.05, 0) is 43.3 Å². The number of carbonyl (C=O) groups excluding carboxylic acids is 1. The molecule has 6 nitrogen and oxygen atoms in total. The predicted molar refractivity (Wildman–Crippen MR) is 83.0 cm³/mol. The van der Waals surface area contributed by atoms with Crippen LogP contribution in [0.4, 0.5) is 5.69 Å². The Hall–Kier alpha value is -2.38. The average Bonchev–Trinajstić information content (AvgIpc) is 2.48. The molecule has 0 radical (unpaired) electrons. The van der Waals surface area contributed by atoms with Crippen LogP contribution in [0, 0.1) is 0 Å². The second-order valence-corrected chi connectivity index (χ2v) is 6.20. The largest absolute Gasteiger partial charge is 0.379 e. The highest BCUT2D eigenvalue weighted by Gasteiger charge is 2.16. The molecule has 3 N–H and O–H groups in total. The molecule has 2 rings (SSSR count). The number of anilines is 1. The average molecular weight is 320 g/mol. The van der Waals surface area contributed by atoms with Crippen LogP contribution >= 0.6 is 0 Å². The van der Waals surface area contributed by atoms with Crippen molar-refractivity contribution in [2.75, 3.05) is 5.32 Å². The number of rotatable bonds is 5. The van der Waals surface area contributed by atoms with Gasteiger partial charge in [0.1, 0.15) is 10.6 Å². The number of carbonyl (C=O) groups is 1. The molecule has 0 aromatic heterocycles. The maximum atomic E-state index is 12.1. The summed E-state index contributed by atoms with van der Waals surface area (Å²) in [5, 5.41) is 2.57. The number of nitrogens with two attached hydrogens (primary N) is 1. The summed E-state index contributed by atoms with van der Waals surface area (Å²) in [6.45, 7) is 1.56. The molecule has 0 aliphatic heterocycles. The molecule has 1 unspecified atom stereocenters. The summed E-state index contributed by atoms with van der Waals surface area (Å²) in [6.07, 6.45) is 0. The monoisotopic (exact) mass is 320 g/mol. The zero-order valence-electron chi connectivity index (χ0n) is 11.9. The van der Waals surface area contributed by atoms with E-state index >= 15 is 0 Å². The quantitative estimate of drug-likeness (QED) is 0.818. The first-order chi connectivity index (χ1) is 10.4. The predicted octanol–water partition coefficient (Wildman–Crippen LogP) is 1.74. The molecule has 1 atom stereocenters. The Morgan fingerprint density at radius 3 is 2.23 bits per heavy atom. The zero-order chi connectivity index (χ0) is 16.2.